The molecule has 0 aliphatic heterocycles. The lowest BCUT2D eigenvalue weighted by Gasteiger charge is -2.18. The molecule has 1 aromatic carbocycles. The zero-order valence-electron chi connectivity index (χ0n) is 11.6. The smallest absolute Gasteiger partial charge is 0.505 e. The zero-order chi connectivity index (χ0) is 17.3. The second kappa shape index (κ2) is 6.21. The fourth-order valence-corrected chi connectivity index (χ4v) is 1.77. The maximum Gasteiger partial charge on any atom is 0.573 e. The molecule has 9 heteroatoms. The fourth-order valence-electron chi connectivity index (χ4n) is 1.77. The summed E-state index contributed by atoms with van der Waals surface area (Å²) in [5.74, 6) is -5.84. The number of hydrogen-bond donors (Lipinski definition) is 1. The molecule has 0 radical (unpaired) electrons. The van der Waals surface area contributed by atoms with E-state index in [0.717, 1.165) is 0 Å². The van der Waals surface area contributed by atoms with Crippen LogP contribution < -0.4 is 4.74 Å². The predicted octanol–water partition coefficient (Wildman–Crippen LogP) is 5.35. The molecule has 22 heavy (non-hydrogen) atoms. The van der Waals surface area contributed by atoms with Crippen molar-refractivity contribution in [3.8, 4) is 11.5 Å². The molecule has 0 amide bonds. The molecule has 1 N–H and O–H groups in total. The van der Waals surface area contributed by atoms with E-state index in [-0.39, 0.29) is 5.56 Å². The summed E-state index contributed by atoms with van der Waals surface area (Å²) in [4.78, 5) is 0. The summed E-state index contributed by atoms with van der Waals surface area (Å²) in [5, 5.41) is 9.39. The van der Waals surface area contributed by atoms with Crippen LogP contribution in [-0.4, -0.2) is 11.5 Å². The van der Waals surface area contributed by atoms with Crippen LogP contribution in [0.15, 0.2) is 6.07 Å². The molecule has 0 heterocycles. The molecular formula is C13H13F7O2. The lowest BCUT2D eigenvalue weighted by atomic mass is 10.0. The minimum Gasteiger partial charge on any atom is -0.505 e. The number of hydrogen-bond acceptors (Lipinski definition) is 2. The minimum absolute atomic E-state index is 0.303. The first kappa shape index (κ1) is 18.4. The van der Waals surface area contributed by atoms with Crippen LogP contribution in [0.4, 0.5) is 30.7 Å². The van der Waals surface area contributed by atoms with E-state index in [9.17, 15) is 35.8 Å². The predicted molar refractivity (Wildman–Crippen MR) is 63.1 cm³/mol. The molecule has 2 nitrogen and oxygen atoms in total. The largest absolute Gasteiger partial charge is 0.573 e. The molecule has 0 spiro atoms. The highest BCUT2D eigenvalue weighted by molar-refractivity contribution is 5.51. The first-order valence-electron chi connectivity index (χ1n) is 6.39. The van der Waals surface area contributed by atoms with Crippen molar-refractivity contribution in [2.45, 2.75) is 45.1 Å². The van der Waals surface area contributed by atoms with Gasteiger partial charge in [-0.3, -0.25) is 0 Å². The molecule has 2 rings (SSSR count). The van der Waals surface area contributed by atoms with Crippen molar-refractivity contribution in [3.63, 3.8) is 0 Å². The molecule has 1 fully saturated rings. The van der Waals surface area contributed by atoms with Crippen LogP contribution in [0.1, 0.15) is 43.7 Å². The van der Waals surface area contributed by atoms with E-state index in [1.807, 2.05) is 13.8 Å². The van der Waals surface area contributed by atoms with Gasteiger partial charge in [-0.05, 0) is 24.8 Å². The third-order valence-corrected chi connectivity index (χ3v) is 2.77. The molecular weight excluding hydrogens is 321 g/mol. The van der Waals surface area contributed by atoms with Gasteiger partial charge in [0.2, 0.25) is 5.82 Å². The number of halogens is 7. The summed E-state index contributed by atoms with van der Waals surface area (Å²) in [6, 6.07) is 0.303. The topological polar surface area (TPSA) is 29.5 Å². The van der Waals surface area contributed by atoms with E-state index < -0.39 is 41.3 Å². The molecule has 0 atom stereocenters. The number of alkyl halides is 6. The quantitative estimate of drug-likeness (QED) is 0.739. The van der Waals surface area contributed by atoms with Gasteiger partial charge >= 0.3 is 12.5 Å². The van der Waals surface area contributed by atoms with Crippen LogP contribution in [-0.2, 0) is 6.18 Å². The van der Waals surface area contributed by atoms with Crippen molar-refractivity contribution in [1.29, 1.82) is 0 Å². The van der Waals surface area contributed by atoms with Crippen LogP contribution in [0.5, 0.6) is 11.5 Å². The fraction of sp³-hybridized carbons (Fsp3) is 0.538. The Hall–Kier alpha value is -1.67. The van der Waals surface area contributed by atoms with E-state index in [4.69, 9.17) is 0 Å². The lowest BCUT2D eigenvalue weighted by molar-refractivity contribution is -0.277. The average Bonchev–Trinajstić information content (AvgIpc) is 3.19. The summed E-state index contributed by atoms with van der Waals surface area (Å²) in [5.41, 5.74) is -2.25. The molecule has 0 aromatic heterocycles. The Bertz CT molecular complexity index is 531. The van der Waals surface area contributed by atoms with Gasteiger partial charge in [0.15, 0.2) is 11.5 Å². The van der Waals surface area contributed by atoms with Crippen molar-refractivity contribution in [1.82, 2.24) is 0 Å². The van der Waals surface area contributed by atoms with Crippen LogP contribution in [0.3, 0.4) is 0 Å². The van der Waals surface area contributed by atoms with E-state index in [1.165, 1.54) is 0 Å². The summed E-state index contributed by atoms with van der Waals surface area (Å²) < 4.78 is 90.9. The molecule has 1 aliphatic carbocycles. The molecule has 1 aromatic rings. The number of phenolic OH excluding ortho intramolecular Hbond substituents is 1. The third-order valence-electron chi connectivity index (χ3n) is 2.77. The number of aromatic hydroxyl groups is 1. The SMILES string of the molecule is CC.Oc1c(C2CC2)cc(C(F)(F)F)c(OC(F)(F)F)c1F. The number of phenols is 1. The molecule has 1 aliphatic rings. The van der Waals surface area contributed by atoms with E-state index in [2.05, 4.69) is 4.74 Å². The first-order chi connectivity index (χ1) is 10.0. The third kappa shape index (κ3) is 4.17. The van der Waals surface area contributed by atoms with E-state index in [0.29, 0.717) is 18.9 Å². The number of rotatable bonds is 2. The van der Waals surface area contributed by atoms with E-state index >= 15 is 0 Å². The van der Waals surface area contributed by atoms with Crippen LogP contribution in [0.2, 0.25) is 0 Å². The summed E-state index contributed by atoms with van der Waals surface area (Å²) >= 11 is 0. The Morgan fingerprint density at radius 2 is 1.59 bits per heavy atom. The highest BCUT2D eigenvalue weighted by atomic mass is 19.4. The Morgan fingerprint density at radius 1 is 1.09 bits per heavy atom. The number of benzene rings is 1. The Labute approximate surface area is 121 Å². The van der Waals surface area contributed by atoms with Gasteiger partial charge in [-0.2, -0.15) is 17.6 Å². The highest BCUT2D eigenvalue weighted by Crippen LogP contribution is 2.50. The average molecular weight is 334 g/mol. The van der Waals surface area contributed by atoms with E-state index in [1.54, 1.807) is 0 Å². The maximum atomic E-state index is 13.6. The van der Waals surface area contributed by atoms with Crippen molar-refractivity contribution < 1.29 is 40.6 Å². The summed E-state index contributed by atoms with van der Waals surface area (Å²) in [7, 11) is 0. The lowest BCUT2D eigenvalue weighted by Crippen LogP contribution is -2.21. The van der Waals surface area contributed by atoms with Crippen LogP contribution in [0, 0.1) is 5.82 Å². The van der Waals surface area contributed by atoms with Crippen LogP contribution in [0.25, 0.3) is 0 Å². The summed E-state index contributed by atoms with van der Waals surface area (Å²) in [6.07, 6.45) is -9.87. The maximum absolute atomic E-state index is 13.6. The Kier molecular flexibility index (Phi) is 5.19. The number of ether oxygens (including phenoxy) is 1. The van der Waals surface area contributed by atoms with Gasteiger partial charge in [-0.25, -0.2) is 0 Å². The molecule has 1 saturated carbocycles. The van der Waals surface area contributed by atoms with Gasteiger partial charge in [-0.15, -0.1) is 13.2 Å². The van der Waals surface area contributed by atoms with Gasteiger partial charge in [0, 0.05) is 5.56 Å². The molecule has 126 valence electrons. The standard InChI is InChI=1S/C11H7F7O2.C2H6/c12-7-8(19)5(4-1-2-4)3-6(10(13,14)15)9(7)20-11(16,17)18;1-2/h3-4,19H,1-2H2;1-2H3. The Balaban J connectivity index is 0.00000116. The normalized spacial score (nSPS) is 15.1. The highest BCUT2D eigenvalue weighted by Gasteiger charge is 2.44. The van der Waals surface area contributed by atoms with Gasteiger partial charge in [0.05, 0.1) is 0 Å². The van der Waals surface area contributed by atoms with Gasteiger partial charge in [0.1, 0.15) is 5.56 Å². The monoisotopic (exact) mass is 334 g/mol. The molecule has 0 saturated heterocycles. The van der Waals surface area contributed by atoms with Gasteiger partial charge in [-0.1, -0.05) is 13.8 Å². The van der Waals surface area contributed by atoms with Gasteiger partial charge in [0.25, 0.3) is 0 Å². The van der Waals surface area contributed by atoms with Crippen molar-refractivity contribution in [2.24, 2.45) is 0 Å². The second-order valence-corrected chi connectivity index (χ2v) is 4.32. The zero-order valence-corrected chi connectivity index (χ0v) is 11.6. The van der Waals surface area contributed by atoms with Crippen molar-refractivity contribution in [3.05, 3.63) is 23.0 Å². The summed E-state index contributed by atoms with van der Waals surface area (Å²) in [6.45, 7) is 4.00. The van der Waals surface area contributed by atoms with Crippen LogP contribution >= 0.6 is 0 Å². The molecule has 0 unspecified atom stereocenters. The van der Waals surface area contributed by atoms with Crippen molar-refractivity contribution in [2.75, 3.05) is 0 Å². The first-order valence-corrected chi connectivity index (χ1v) is 6.39. The second-order valence-electron chi connectivity index (χ2n) is 4.32. The molecule has 0 bridgehead atoms. The Morgan fingerprint density at radius 3 is 1.95 bits per heavy atom. The minimum atomic E-state index is -5.51. The van der Waals surface area contributed by atoms with Gasteiger partial charge < -0.3 is 9.84 Å². The van der Waals surface area contributed by atoms with Crippen molar-refractivity contribution >= 4 is 0 Å².